The van der Waals surface area contributed by atoms with Crippen molar-refractivity contribution in [3.8, 4) is 5.75 Å². The fourth-order valence-electron chi connectivity index (χ4n) is 0.829. The molecule has 1 aromatic carbocycles. The molecule has 0 unspecified atom stereocenters. The van der Waals surface area contributed by atoms with E-state index in [1.807, 2.05) is 0 Å². The summed E-state index contributed by atoms with van der Waals surface area (Å²) in [4.78, 5) is 0. The minimum Gasteiger partial charge on any atom is -0.463 e. The summed E-state index contributed by atoms with van der Waals surface area (Å²) in [6.07, 6.45) is 0. The second-order valence-electron chi connectivity index (χ2n) is 3.12. The van der Waals surface area contributed by atoms with Gasteiger partial charge in [0.2, 0.25) is 5.79 Å². The molecule has 0 bridgehead atoms. The third-order valence-corrected chi connectivity index (χ3v) is 1.57. The number of halogens is 2. The molecule has 0 fully saturated rings. The molecule has 1 rings (SSSR count). The third kappa shape index (κ3) is 3.20. The molecule has 2 nitrogen and oxygen atoms in total. The zero-order chi connectivity index (χ0) is 10.1. The van der Waals surface area contributed by atoms with E-state index in [2.05, 4.69) is 0 Å². The number of rotatable bonds is 2. The molecule has 0 saturated carbocycles. The minimum absolute atomic E-state index is 0.0306. The molecule has 0 aliphatic heterocycles. The first-order valence-electron chi connectivity index (χ1n) is 3.75. The molecule has 1 aromatic rings. The standard InChI is InChI=1S/C9H10ClFO2/c1-9(2,12)13-6-3-4-7(10)8(11)5-6/h3-5,12H,1-2H3. The van der Waals surface area contributed by atoms with Gasteiger partial charge in [0.15, 0.2) is 0 Å². The molecule has 0 aliphatic carbocycles. The maximum Gasteiger partial charge on any atom is 0.202 e. The number of hydrogen-bond donors (Lipinski definition) is 1. The molecule has 13 heavy (non-hydrogen) atoms. The van der Waals surface area contributed by atoms with E-state index in [9.17, 15) is 9.50 Å². The average Bonchev–Trinajstić information content (AvgIpc) is 1.94. The fourth-order valence-corrected chi connectivity index (χ4v) is 0.946. The van der Waals surface area contributed by atoms with Crippen LogP contribution >= 0.6 is 11.6 Å². The number of benzene rings is 1. The molecule has 0 heterocycles. The highest BCUT2D eigenvalue weighted by Crippen LogP contribution is 2.22. The largest absolute Gasteiger partial charge is 0.463 e. The van der Waals surface area contributed by atoms with E-state index in [-0.39, 0.29) is 10.8 Å². The topological polar surface area (TPSA) is 29.5 Å². The molecule has 4 heteroatoms. The van der Waals surface area contributed by atoms with E-state index in [1.54, 1.807) is 0 Å². The number of hydrogen-bond acceptors (Lipinski definition) is 2. The van der Waals surface area contributed by atoms with Gasteiger partial charge in [0.05, 0.1) is 5.02 Å². The number of aliphatic hydroxyl groups is 1. The lowest BCUT2D eigenvalue weighted by atomic mass is 10.3. The number of ether oxygens (including phenoxy) is 1. The lowest BCUT2D eigenvalue weighted by Gasteiger charge is -2.19. The molecule has 0 saturated heterocycles. The van der Waals surface area contributed by atoms with Crippen molar-refractivity contribution in [2.24, 2.45) is 0 Å². The first-order chi connectivity index (χ1) is 5.88. The van der Waals surface area contributed by atoms with Crippen LogP contribution < -0.4 is 4.74 Å². The highest BCUT2D eigenvalue weighted by atomic mass is 35.5. The van der Waals surface area contributed by atoms with Gasteiger partial charge in [-0.3, -0.25) is 0 Å². The van der Waals surface area contributed by atoms with Crippen molar-refractivity contribution >= 4 is 11.6 Å². The maximum absolute atomic E-state index is 12.9. The highest BCUT2D eigenvalue weighted by Gasteiger charge is 2.14. The van der Waals surface area contributed by atoms with Crippen LogP contribution in [0.15, 0.2) is 18.2 Å². The monoisotopic (exact) mass is 204 g/mol. The second-order valence-corrected chi connectivity index (χ2v) is 3.53. The van der Waals surface area contributed by atoms with E-state index < -0.39 is 11.6 Å². The average molecular weight is 205 g/mol. The van der Waals surface area contributed by atoms with Gasteiger partial charge < -0.3 is 9.84 Å². The lowest BCUT2D eigenvalue weighted by Crippen LogP contribution is -2.26. The fraction of sp³-hybridized carbons (Fsp3) is 0.333. The Bertz CT molecular complexity index is 307. The van der Waals surface area contributed by atoms with Crippen LogP contribution in [0.2, 0.25) is 5.02 Å². The van der Waals surface area contributed by atoms with Gasteiger partial charge in [-0.1, -0.05) is 11.6 Å². The van der Waals surface area contributed by atoms with Gasteiger partial charge in [-0.25, -0.2) is 4.39 Å². The molecule has 0 atom stereocenters. The van der Waals surface area contributed by atoms with Crippen molar-refractivity contribution in [2.75, 3.05) is 0 Å². The summed E-state index contributed by atoms with van der Waals surface area (Å²) in [5, 5.41) is 9.28. The highest BCUT2D eigenvalue weighted by molar-refractivity contribution is 6.30. The zero-order valence-electron chi connectivity index (χ0n) is 7.34. The van der Waals surface area contributed by atoms with E-state index >= 15 is 0 Å². The van der Waals surface area contributed by atoms with Crippen LogP contribution in [0.25, 0.3) is 0 Å². The summed E-state index contributed by atoms with van der Waals surface area (Å²) < 4.78 is 17.9. The minimum atomic E-state index is -1.32. The molecule has 0 aliphatic rings. The Hall–Kier alpha value is -0.800. The van der Waals surface area contributed by atoms with E-state index in [4.69, 9.17) is 16.3 Å². The van der Waals surface area contributed by atoms with Crippen molar-refractivity contribution in [1.29, 1.82) is 0 Å². The van der Waals surface area contributed by atoms with Gasteiger partial charge in [0.25, 0.3) is 0 Å². The molecule has 72 valence electrons. The Morgan fingerprint density at radius 1 is 1.46 bits per heavy atom. The molecule has 0 spiro atoms. The summed E-state index contributed by atoms with van der Waals surface area (Å²) in [7, 11) is 0. The van der Waals surface area contributed by atoms with Crippen molar-refractivity contribution in [1.82, 2.24) is 0 Å². The summed E-state index contributed by atoms with van der Waals surface area (Å²) in [6.45, 7) is 2.92. The van der Waals surface area contributed by atoms with Gasteiger partial charge in [0, 0.05) is 19.9 Å². The SMILES string of the molecule is CC(C)(O)Oc1ccc(Cl)c(F)c1. The summed E-state index contributed by atoms with van der Waals surface area (Å²) >= 11 is 5.46. The van der Waals surface area contributed by atoms with Crippen LogP contribution in [0.1, 0.15) is 13.8 Å². The van der Waals surface area contributed by atoms with Crippen LogP contribution in [0.5, 0.6) is 5.75 Å². The Balaban J connectivity index is 2.86. The Morgan fingerprint density at radius 3 is 2.54 bits per heavy atom. The first-order valence-corrected chi connectivity index (χ1v) is 4.13. The predicted octanol–water partition coefficient (Wildman–Crippen LogP) is 2.59. The van der Waals surface area contributed by atoms with Crippen LogP contribution in [-0.4, -0.2) is 10.9 Å². The first kappa shape index (κ1) is 10.3. The predicted molar refractivity (Wildman–Crippen MR) is 48.3 cm³/mol. The van der Waals surface area contributed by atoms with Gasteiger partial charge in [-0.05, 0) is 12.1 Å². The Kier molecular flexibility index (Phi) is 2.78. The normalized spacial score (nSPS) is 11.5. The smallest absolute Gasteiger partial charge is 0.202 e. The summed E-state index contributed by atoms with van der Waals surface area (Å²) in [6, 6.07) is 3.99. The zero-order valence-corrected chi connectivity index (χ0v) is 8.10. The molecule has 0 amide bonds. The molecule has 0 aromatic heterocycles. The quantitative estimate of drug-likeness (QED) is 0.751. The van der Waals surface area contributed by atoms with E-state index in [0.717, 1.165) is 6.07 Å². The van der Waals surface area contributed by atoms with E-state index in [0.29, 0.717) is 0 Å². The van der Waals surface area contributed by atoms with Crippen molar-refractivity contribution in [3.63, 3.8) is 0 Å². The van der Waals surface area contributed by atoms with Crippen LogP contribution in [0.4, 0.5) is 4.39 Å². The van der Waals surface area contributed by atoms with Crippen molar-refractivity contribution in [3.05, 3.63) is 29.0 Å². The molecule has 1 N–H and O–H groups in total. The Morgan fingerprint density at radius 2 is 2.08 bits per heavy atom. The van der Waals surface area contributed by atoms with Crippen LogP contribution in [-0.2, 0) is 0 Å². The van der Waals surface area contributed by atoms with Gasteiger partial charge in [0.1, 0.15) is 11.6 Å². The molecular weight excluding hydrogens is 195 g/mol. The van der Waals surface area contributed by atoms with Crippen LogP contribution in [0, 0.1) is 5.82 Å². The van der Waals surface area contributed by atoms with Gasteiger partial charge in [-0.15, -0.1) is 0 Å². The lowest BCUT2D eigenvalue weighted by molar-refractivity contribution is -0.104. The van der Waals surface area contributed by atoms with Crippen LogP contribution in [0.3, 0.4) is 0 Å². The van der Waals surface area contributed by atoms with Crippen molar-refractivity contribution in [2.45, 2.75) is 19.6 Å². The Labute approximate surface area is 80.9 Å². The summed E-state index contributed by atoms with van der Waals surface area (Å²) in [5.41, 5.74) is 0. The van der Waals surface area contributed by atoms with Crippen molar-refractivity contribution < 1.29 is 14.2 Å². The second kappa shape index (κ2) is 3.52. The summed E-state index contributed by atoms with van der Waals surface area (Å²) in [5.74, 6) is -1.64. The van der Waals surface area contributed by atoms with Gasteiger partial charge in [-0.2, -0.15) is 0 Å². The van der Waals surface area contributed by atoms with Gasteiger partial charge >= 0.3 is 0 Å². The maximum atomic E-state index is 12.9. The van der Waals surface area contributed by atoms with E-state index in [1.165, 1.54) is 26.0 Å². The molecular formula is C9H10ClFO2. The molecule has 0 radical (unpaired) electrons. The third-order valence-electron chi connectivity index (χ3n) is 1.26.